The van der Waals surface area contributed by atoms with Gasteiger partial charge in [0.2, 0.25) is 11.8 Å². The maximum atomic E-state index is 12.0. The first-order valence-corrected chi connectivity index (χ1v) is 8.43. The van der Waals surface area contributed by atoms with Gasteiger partial charge < -0.3 is 20.0 Å². The number of hydrogen-bond acceptors (Lipinski definition) is 4. The van der Waals surface area contributed by atoms with Crippen molar-refractivity contribution in [3.05, 3.63) is 52.4 Å². The molecule has 0 bridgehead atoms. The molecule has 1 aromatic carbocycles. The molecule has 0 saturated carbocycles. The number of likely N-dealkylation sites (N-methyl/N-ethyl adjacent to an activating group) is 1. The van der Waals surface area contributed by atoms with Crippen molar-refractivity contribution in [2.75, 3.05) is 25.5 Å². The number of rotatable bonds is 7. The molecule has 0 aliphatic carbocycles. The van der Waals surface area contributed by atoms with Crippen LogP contribution in [-0.2, 0) is 9.59 Å². The number of anilines is 1. The van der Waals surface area contributed by atoms with Gasteiger partial charge in [-0.25, -0.2) is 0 Å². The minimum atomic E-state index is -0.400. The van der Waals surface area contributed by atoms with Crippen molar-refractivity contribution in [1.82, 2.24) is 10.2 Å². The Morgan fingerprint density at radius 3 is 2.58 bits per heavy atom. The number of nitrogens with one attached hydrogen (secondary N) is 2. The quantitative estimate of drug-likeness (QED) is 0.751. The predicted molar refractivity (Wildman–Crippen MR) is 98.4 cm³/mol. The second-order valence-electron chi connectivity index (χ2n) is 5.41. The summed E-state index contributed by atoms with van der Waals surface area (Å²) in [4.78, 5) is 37.0. The highest BCUT2D eigenvalue weighted by atomic mass is 35.5. The summed E-state index contributed by atoms with van der Waals surface area (Å²) in [6.07, 6.45) is 1.45. The van der Waals surface area contributed by atoms with E-state index in [0.717, 1.165) is 0 Å². The van der Waals surface area contributed by atoms with E-state index >= 15 is 0 Å². The highest BCUT2D eigenvalue weighted by Crippen LogP contribution is 2.24. The lowest BCUT2D eigenvalue weighted by molar-refractivity contribution is -0.133. The van der Waals surface area contributed by atoms with Gasteiger partial charge in [0.25, 0.3) is 5.91 Å². The van der Waals surface area contributed by atoms with Gasteiger partial charge in [0, 0.05) is 25.7 Å². The van der Waals surface area contributed by atoms with Gasteiger partial charge >= 0.3 is 0 Å². The lowest BCUT2D eigenvalue weighted by Crippen LogP contribution is -2.37. The zero-order chi connectivity index (χ0) is 19.1. The Balaban J connectivity index is 1.74. The number of hydrogen-bond donors (Lipinski definition) is 2. The third kappa shape index (κ3) is 5.79. The zero-order valence-corrected chi connectivity index (χ0v) is 15.4. The number of carbonyl (C=O) groups is 3. The first kappa shape index (κ1) is 19.8. The number of amides is 3. The molecule has 2 aromatic rings. The van der Waals surface area contributed by atoms with Crippen LogP contribution in [-0.4, -0.2) is 42.8 Å². The number of nitrogens with zero attached hydrogens (tertiary/aromatic N) is 1. The molecule has 7 nitrogen and oxygen atoms in total. The molecule has 0 fully saturated rings. The van der Waals surface area contributed by atoms with E-state index in [2.05, 4.69) is 10.6 Å². The van der Waals surface area contributed by atoms with Crippen molar-refractivity contribution in [3.63, 3.8) is 0 Å². The van der Waals surface area contributed by atoms with Crippen LogP contribution in [0.25, 0.3) is 0 Å². The van der Waals surface area contributed by atoms with Crippen LogP contribution in [0.15, 0.2) is 41.0 Å². The molecule has 0 radical (unpaired) electrons. The number of halogens is 2. The SMILES string of the molecule is CN(CC(=O)Nc1ccc(Cl)c(Cl)c1)C(=O)CCNC(=O)c1ccco1. The van der Waals surface area contributed by atoms with Gasteiger partial charge in [0.15, 0.2) is 5.76 Å². The third-order valence-corrected chi connectivity index (χ3v) is 4.12. The summed E-state index contributed by atoms with van der Waals surface area (Å²) in [6, 6.07) is 7.82. The van der Waals surface area contributed by atoms with Crippen LogP contribution < -0.4 is 10.6 Å². The highest BCUT2D eigenvalue weighted by Gasteiger charge is 2.14. The Kier molecular flexibility index (Phi) is 7.06. The fourth-order valence-corrected chi connectivity index (χ4v) is 2.34. The van der Waals surface area contributed by atoms with E-state index in [4.69, 9.17) is 27.6 Å². The summed E-state index contributed by atoms with van der Waals surface area (Å²) in [5, 5.41) is 5.90. The molecule has 1 aromatic heterocycles. The fraction of sp³-hybridized carbons (Fsp3) is 0.235. The Hall–Kier alpha value is -2.51. The predicted octanol–water partition coefficient (Wildman–Crippen LogP) is 2.80. The van der Waals surface area contributed by atoms with Gasteiger partial charge in [0.1, 0.15) is 0 Å². The number of benzene rings is 1. The average molecular weight is 398 g/mol. The number of carbonyl (C=O) groups excluding carboxylic acids is 3. The molecule has 2 N–H and O–H groups in total. The standard InChI is InChI=1S/C17H17Cl2N3O4/c1-22(10-15(23)21-11-4-5-12(18)13(19)9-11)16(24)6-7-20-17(25)14-3-2-8-26-14/h2-5,8-9H,6-7,10H2,1H3,(H,20,25)(H,21,23). The van der Waals surface area contributed by atoms with Gasteiger partial charge in [-0.3, -0.25) is 14.4 Å². The van der Waals surface area contributed by atoms with E-state index in [1.165, 1.54) is 30.3 Å². The summed E-state index contributed by atoms with van der Waals surface area (Å²) in [6.45, 7) is 0.00231. The molecule has 3 amide bonds. The normalized spacial score (nSPS) is 10.3. The van der Waals surface area contributed by atoms with Gasteiger partial charge in [-0.15, -0.1) is 0 Å². The molecule has 2 rings (SSSR count). The molecule has 1 heterocycles. The van der Waals surface area contributed by atoms with Crippen LogP contribution in [0.3, 0.4) is 0 Å². The maximum absolute atomic E-state index is 12.0. The summed E-state index contributed by atoms with van der Waals surface area (Å²) >= 11 is 11.7. The van der Waals surface area contributed by atoms with E-state index in [0.29, 0.717) is 15.7 Å². The van der Waals surface area contributed by atoms with Gasteiger partial charge in [-0.1, -0.05) is 23.2 Å². The largest absolute Gasteiger partial charge is 0.459 e. The monoisotopic (exact) mass is 397 g/mol. The van der Waals surface area contributed by atoms with E-state index in [9.17, 15) is 14.4 Å². The van der Waals surface area contributed by atoms with Crippen LogP contribution in [0, 0.1) is 0 Å². The minimum Gasteiger partial charge on any atom is -0.459 e. The van der Waals surface area contributed by atoms with Crippen LogP contribution in [0.1, 0.15) is 17.0 Å². The van der Waals surface area contributed by atoms with Crippen molar-refractivity contribution in [1.29, 1.82) is 0 Å². The lowest BCUT2D eigenvalue weighted by atomic mass is 10.3. The second-order valence-corrected chi connectivity index (χ2v) is 6.22. The minimum absolute atomic E-state index is 0.0585. The van der Waals surface area contributed by atoms with Crippen molar-refractivity contribution < 1.29 is 18.8 Å². The molecule has 9 heteroatoms. The molecule has 0 aliphatic heterocycles. The van der Waals surface area contributed by atoms with Gasteiger partial charge in [-0.2, -0.15) is 0 Å². The number of furan rings is 1. The third-order valence-electron chi connectivity index (χ3n) is 3.38. The first-order chi connectivity index (χ1) is 12.4. The molecule has 0 saturated heterocycles. The van der Waals surface area contributed by atoms with Crippen molar-refractivity contribution in [2.45, 2.75) is 6.42 Å². The van der Waals surface area contributed by atoms with Crippen molar-refractivity contribution in [2.24, 2.45) is 0 Å². The molecular formula is C17H17Cl2N3O4. The molecule has 138 valence electrons. The van der Waals surface area contributed by atoms with Crippen molar-refractivity contribution >= 4 is 46.6 Å². The molecule has 26 heavy (non-hydrogen) atoms. The lowest BCUT2D eigenvalue weighted by Gasteiger charge is -2.17. The summed E-state index contributed by atoms with van der Waals surface area (Å²) in [5.74, 6) is -0.887. The second kappa shape index (κ2) is 9.26. The fourth-order valence-electron chi connectivity index (χ4n) is 2.05. The van der Waals surface area contributed by atoms with Crippen LogP contribution in [0.4, 0.5) is 5.69 Å². The molecular weight excluding hydrogens is 381 g/mol. The first-order valence-electron chi connectivity index (χ1n) is 7.67. The topological polar surface area (TPSA) is 91.7 Å². The van der Waals surface area contributed by atoms with E-state index in [1.807, 2.05) is 0 Å². The van der Waals surface area contributed by atoms with Crippen LogP contribution >= 0.6 is 23.2 Å². The van der Waals surface area contributed by atoms with E-state index in [-0.39, 0.29) is 37.1 Å². The smallest absolute Gasteiger partial charge is 0.286 e. The summed E-state index contributed by atoms with van der Waals surface area (Å²) in [5.41, 5.74) is 0.482. The van der Waals surface area contributed by atoms with Gasteiger partial charge in [0.05, 0.1) is 22.9 Å². The van der Waals surface area contributed by atoms with Crippen LogP contribution in [0.5, 0.6) is 0 Å². The molecule has 0 spiro atoms. The highest BCUT2D eigenvalue weighted by molar-refractivity contribution is 6.42. The molecule has 0 aliphatic rings. The Bertz CT molecular complexity index is 793. The maximum Gasteiger partial charge on any atom is 0.286 e. The van der Waals surface area contributed by atoms with Gasteiger partial charge in [-0.05, 0) is 30.3 Å². The zero-order valence-electron chi connectivity index (χ0n) is 13.9. The molecule has 0 unspecified atom stereocenters. The van der Waals surface area contributed by atoms with Crippen molar-refractivity contribution in [3.8, 4) is 0 Å². The summed E-state index contributed by atoms with van der Waals surface area (Å²) in [7, 11) is 1.51. The molecule has 0 atom stereocenters. The Labute approximate surface area is 160 Å². The van der Waals surface area contributed by atoms with E-state index < -0.39 is 5.91 Å². The Morgan fingerprint density at radius 2 is 1.92 bits per heavy atom. The van der Waals surface area contributed by atoms with E-state index in [1.54, 1.807) is 18.2 Å². The summed E-state index contributed by atoms with van der Waals surface area (Å²) < 4.78 is 4.95. The van der Waals surface area contributed by atoms with Crippen LogP contribution in [0.2, 0.25) is 10.0 Å². The Morgan fingerprint density at radius 1 is 1.15 bits per heavy atom. The average Bonchev–Trinajstić information content (AvgIpc) is 3.12.